The summed E-state index contributed by atoms with van der Waals surface area (Å²) in [7, 11) is 0. The molecule has 0 saturated carbocycles. The lowest BCUT2D eigenvalue weighted by molar-refractivity contribution is -0.141. The van der Waals surface area contributed by atoms with Crippen molar-refractivity contribution < 1.29 is 18.0 Å². The van der Waals surface area contributed by atoms with Crippen molar-refractivity contribution in [1.82, 2.24) is 15.5 Å². The smallest absolute Gasteiger partial charge is 0.309 e. The standard InChI is InChI=1S/C13H20F3N5O/c1-5-17-11(19-10(22)7-12(2,3)4)18-9-6-8(20-21-9)13(14,15)16/h6H,5,7H2,1-4H3,(H3,17,18,19,20,21,22). The van der Waals surface area contributed by atoms with Crippen molar-refractivity contribution in [3.8, 4) is 0 Å². The van der Waals surface area contributed by atoms with E-state index in [1.165, 1.54) is 0 Å². The van der Waals surface area contributed by atoms with E-state index in [9.17, 15) is 18.0 Å². The number of nitrogens with zero attached hydrogens (tertiary/aromatic N) is 2. The lowest BCUT2D eigenvalue weighted by atomic mass is 9.92. The van der Waals surface area contributed by atoms with Gasteiger partial charge in [-0.15, -0.1) is 0 Å². The minimum Gasteiger partial charge on any atom is -0.309 e. The molecule has 0 bridgehead atoms. The lowest BCUT2D eigenvalue weighted by Gasteiger charge is -2.18. The number of alkyl halides is 3. The van der Waals surface area contributed by atoms with Gasteiger partial charge < -0.3 is 5.32 Å². The van der Waals surface area contributed by atoms with Crippen LogP contribution in [0.2, 0.25) is 0 Å². The Morgan fingerprint density at radius 2 is 2.00 bits per heavy atom. The molecule has 1 amide bonds. The second-order valence-electron chi connectivity index (χ2n) is 5.90. The van der Waals surface area contributed by atoms with Crippen LogP contribution in [0, 0.1) is 5.41 Å². The van der Waals surface area contributed by atoms with Gasteiger partial charge in [0.05, 0.1) is 0 Å². The summed E-state index contributed by atoms with van der Waals surface area (Å²) in [4.78, 5) is 15.9. The zero-order valence-corrected chi connectivity index (χ0v) is 12.9. The van der Waals surface area contributed by atoms with Crippen LogP contribution in [-0.2, 0) is 11.0 Å². The number of rotatable bonds is 3. The quantitative estimate of drug-likeness (QED) is 0.592. The highest BCUT2D eigenvalue weighted by Crippen LogP contribution is 2.28. The van der Waals surface area contributed by atoms with Gasteiger partial charge in [-0.1, -0.05) is 20.8 Å². The van der Waals surface area contributed by atoms with E-state index in [-0.39, 0.29) is 29.5 Å². The van der Waals surface area contributed by atoms with Crippen LogP contribution < -0.4 is 10.6 Å². The maximum Gasteiger partial charge on any atom is 0.432 e. The Morgan fingerprint density at radius 1 is 1.36 bits per heavy atom. The Kier molecular flexibility index (Phi) is 5.56. The molecule has 1 aromatic rings. The van der Waals surface area contributed by atoms with E-state index in [0.717, 1.165) is 6.07 Å². The van der Waals surface area contributed by atoms with Gasteiger partial charge in [0.1, 0.15) is 5.69 Å². The molecule has 0 atom stereocenters. The minimum atomic E-state index is -4.51. The summed E-state index contributed by atoms with van der Waals surface area (Å²) in [6.07, 6.45) is -4.25. The fourth-order valence-corrected chi connectivity index (χ4v) is 1.58. The molecular formula is C13H20F3N5O. The molecule has 0 saturated heterocycles. The van der Waals surface area contributed by atoms with E-state index >= 15 is 0 Å². The first-order chi connectivity index (χ1) is 10.0. The normalized spacial score (nSPS) is 13.1. The van der Waals surface area contributed by atoms with Gasteiger partial charge in [-0.3, -0.25) is 20.2 Å². The highest BCUT2D eigenvalue weighted by atomic mass is 19.4. The number of carbonyl (C=O) groups excluding carboxylic acids is 1. The Balaban J connectivity index is 2.75. The van der Waals surface area contributed by atoms with Gasteiger partial charge >= 0.3 is 6.18 Å². The van der Waals surface area contributed by atoms with E-state index in [1.807, 2.05) is 25.9 Å². The topological polar surface area (TPSA) is 82.2 Å². The Bertz CT molecular complexity index is 543. The lowest BCUT2D eigenvalue weighted by Crippen LogP contribution is -2.37. The molecule has 1 aromatic heterocycles. The Morgan fingerprint density at radius 3 is 2.45 bits per heavy atom. The summed E-state index contributed by atoms with van der Waals surface area (Å²) in [6, 6.07) is 0.807. The van der Waals surface area contributed by atoms with Gasteiger partial charge in [0.25, 0.3) is 0 Å². The van der Waals surface area contributed by atoms with Crippen LogP contribution in [0.25, 0.3) is 0 Å². The largest absolute Gasteiger partial charge is 0.432 e. The van der Waals surface area contributed by atoms with Crippen LogP contribution in [0.5, 0.6) is 0 Å². The number of nitrogens with one attached hydrogen (secondary N) is 3. The van der Waals surface area contributed by atoms with Gasteiger partial charge in [0.2, 0.25) is 11.9 Å². The molecule has 0 aliphatic carbocycles. The van der Waals surface area contributed by atoms with Crippen molar-refractivity contribution in [2.75, 3.05) is 11.9 Å². The molecule has 0 unspecified atom stereocenters. The van der Waals surface area contributed by atoms with E-state index in [1.54, 1.807) is 6.92 Å². The molecular weight excluding hydrogens is 299 g/mol. The molecule has 1 rings (SSSR count). The molecule has 1 heterocycles. The van der Waals surface area contributed by atoms with Gasteiger partial charge in [0, 0.05) is 19.0 Å². The molecule has 0 aromatic carbocycles. The maximum absolute atomic E-state index is 12.5. The minimum absolute atomic E-state index is 0.0666. The number of anilines is 1. The third-order valence-corrected chi connectivity index (χ3v) is 2.39. The first kappa shape index (κ1) is 18.0. The van der Waals surface area contributed by atoms with Crippen LogP contribution in [0.1, 0.15) is 39.8 Å². The van der Waals surface area contributed by atoms with Crippen LogP contribution >= 0.6 is 0 Å². The van der Waals surface area contributed by atoms with Gasteiger partial charge in [0.15, 0.2) is 5.82 Å². The number of amides is 1. The Labute approximate surface area is 126 Å². The van der Waals surface area contributed by atoms with Crippen molar-refractivity contribution in [3.63, 3.8) is 0 Å². The second kappa shape index (κ2) is 6.80. The highest BCUT2D eigenvalue weighted by molar-refractivity contribution is 6.03. The molecule has 0 aliphatic heterocycles. The number of carbonyl (C=O) groups is 1. The SMILES string of the molecule is CCN=C(NC(=O)CC(C)(C)C)Nc1cc(C(F)(F)F)[nH]n1. The molecule has 22 heavy (non-hydrogen) atoms. The second-order valence-corrected chi connectivity index (χ2v) is 5.90. The zero-order chi connectivity index (χ0) is 17.0. The summed E-state index contributed by atoms with van der Waals surface area (Å²) in [6.45, 7) is 7.80. The first-order valence-electron chi connectivity index (χ1n) is 6.75. The molecule has 0 radical (unpaired) electrons. The average molecular weight is 319 g/mol. The third-order valence-electron chi connectivity index (χ3n) is 2.39. The van der Waals surface area contributed by atoms with Crippen molar-refractivity contribution in [2.45, 2.75) is 40.3 Å². The number of aromatic amines is 1. The monoisotopic (exact) mass is 319 g/mol. The van der Waals surface area contributed by atoms with Crippen molar-refractivity contribution in [2.24, 2.45) is 10.4 Å². The first-order valence-corrected chi connectivity index (χ1v) is 6.75. The molecule has 0 aliphatic rings. The molecule has 9 heteroatoms. The summed E-state index contributed by atoms with van der Waals surface area (Å²) < 4.78 is 37.5. The summed E-state index contributed by atoms with van der Waals surface area (Å²) in [5.74, 6) is -0.286. The maximum atomic E-state index is 12.5. The molecule has 0 spiro atoms. The Hall–Kier alpha value is -2.06. The van der Waals surface area contributed by atoms with Gasteiger partial charge in [-0.25, -0.2) is 0 Å². The third kappa shape index (κ3) is 6.15. The summed E-state index contributed by atoms with van der Waals surface area (Å²) in [5, 5.41) is 10.5. The summed E-state index contributed by atoms with van der Waals surface area (Å²) >= 11 is 0. The van der Waals surface area contributed by atoms with E-state index in [2.05, 4.69) is 20.7 Å². The van der Waals surface area contributed by atoms with Crippen molar-refractivity contribution >= 4 is 17.7 Å². The van der Waals surface area contributed by atoms with E-state index in [4.69, 9.17) is 0 Å². The number of H-pyrrole nitrogens is 1. The molecule has 0 fully saturated rings. The predicted molar refractivity (Wildman–Crippen MR) is 77.4 cm³/mol. The molecule has 6 nitrogen and oxygen atoms in total. The number of halogens is 3. The van der Waals surface area contributed by atoms with E-state index in [0.29, 0.717) is 6.54 Å². The number of hydrogen-bond acceptors (Lipinski definition) is 3. The molecule has 124 valence electrons. The van der Waals surface area contributed by atoms with Crippen molar-refractivity contribution in [1.29, 1.82) is 0 Å². The highest BCUT2D eigenvalue weighted by Gasteiger charge is 2.33. The number of hydrogen-bond donors (Lipinski definition) is 3. The van der Waals surface area contributed by atoms with Crippen molar-refractivity contribution in [3.05, 3.63) is 11.8 Å². The number of aliphatic imine (C=N–C) groups is 1. The summed E-state index contributed by atoms with van der Waals surface area (Å²) in [5.41, 5.74) is -1.19. The van der Waals surface area contributed by atoms with Crippen LogP contribution in [0.3, 0.4) is 0 Å². The van der Waals surface area contributed by atoms with Crippen LogP contribution in [0.4, 0.5) is 19.0 Å². The van der Waals surface area contributed by atoms with Gasteiger partial charge in [-0.05, 0) is 12.3 Å². The number of guanidine groups is 1. The van der Waals surface area contributed by atoms with Crippen LogP contribution in [-0.4, -0.2) is 28.6 Å². The molecule has 3 N–H and O–H groups in total. The zero-order valence-electron chi connectivity index (χ0n) is 12.9. The fourth-order valence-electron chi connectivity index (χ4n) is 1.58. The average Bonchev–Trinajstić information content (AvgIpc) is 2.74. The fraction of sp³-hybridized carbons (Fsp3) is 0.615. The number of aromatic nitrogens is 2. The van der Waals surface area contributed by atoms with E-state index < -0.39 is 11.9 Å². The van der Waals surface area contributed by atoms with Gasteiger partial charge in [-0.2, -0.15) is 18.3 Å². The van der Waals surface area contributed by atoms with Crippen LogP contribution in [0.15, 0.2) is 11.1 Å². The predicted octanol–water partition coefficient (Wildman–Crippen LogP) is 2.77.